The SMILES string of the molecule is Oc1c2c(nn1-c1ccccn1)CN(Cc1cc3ccccc3cn1)CC2. The summed E-state index contributed by atoms with van der Waals surface area (Å²) in [7, 11) is 0. The normalized spacial score (nSPS) is 14.4. The first kappa shape index (κ1) is 16.0. The summed E-state index contributed by atoms with van der Waals surface area (Å²) in [6.45, 7) is 2.32. The van der Waals surface area contributed by atoms with Crippen LogP contribution >= 0.6 is 0 Å². The minimum absolute atomic E-state index is 0.201. The lowest BCUT2D eigenvalue weighted by Gasteiger charge is -2.25. The lowest BCUT2D eigenvalue weighted by Crippen LogP contribution is -2.30. The molecule has 4 aromatic rings. The third-order valence-corrected chi connectivity index (χ3v) is 5.03. The second-order valence-electron chi connectivity index (χ2n) is 6.83. The monoisotopic (exact) mass is 357 g/mol. The Bertz CT molecular complexity index is 1110. The molecular formula is C21H19N5O. The van der Waals surface area contributed by atoms with Gasteiger partial charge in [-0.25, -0.2) is 4.98 Å². The fourth-order valence-electron chi connectivity index (χ4n) is 3.65. The molecule has 0 spiro atoms. The third kappa shape index (κ3) is 2.94. The van der Waals surface area contributed by atoms with Crippen LogP contribution in [0.1, 0.15) is 17.0 Å². The Morgan fingerprint density at radius 2 is 1.85 bits per heavy atom. The summed E-state index contributed by atoms with van der Waals surface area (Å²) < 4.78 is 1.53. The molecule has 0 amide bonds. The maximum absolute atomic E-state index is 10.6. The molecule has 0 aliphatic carbocycles. The molecule has 0 radical (unpaired) electrons. The van der Waals surface area contributed by atoms with Crippen LogP contribution in [0, 0.1) is 0 Å². The van der Waals surface area contributed by atoms with Gasteiger partial charge in [-0.05, 0) is 30.0 Å². The smallest absolute Gasteiger partial charge is 0.219 e. The van der Waals surface area contributed by atoms with Crippen LogP contribution in [0.25, 0.3) is 16.6 Å². The van der Waals surface area contributed by atoms with Gasteiger partial charge in [-0.15, -0.1) is 0 Å². The average molecular weight is 357 g/mol. The van der Waals surface area contributed by atoms with Crippen LogP contribution in [-0.2, 0) is 19.5 Å². The largest absolute Gasteiger partial charge is 0.493 e. The number of aromatic hydroxyl groups is 1. The fraction of sp³-hybridized carbons (Fsp3) is 0.190. The Hall–Kier alpha value is -3.25. The summed E-state index contributed by atoms with van der Waals surface area (Å²) >= 11 is 0. The molecule has 6 nitrogen and oxygen atoms in total. The Labute approximate surface area is 156 Å². The van der Waals surface area contributed by atoms with E-state index in [1.54, 1.807) is 6.20 Å². The van der Waals surface area contributed by atoms with Crippen molar-refractivity contribution in [3.8, 4) is 11.7 Å². The molecule has 6 heteroatoms. The maximum atomic E-state index is 10.6. The summed E-state index contributed by atoms with van der Waals surface area (Å²) in [5.74, 6) is 0.833. The first-order chi connectivity index (χ1) is 13.3. The molecule has 4 heterocycles. The van der Waals surface area contributed by atoms with Crippen LogP contribution in [-0.4, -0.2) is 36.3 Å². The number of fused-ring (bicyclic) bond motifs is 2. The minimum atomic E-state index is 0.201. The second kappa shape index (κ2) is 6.48. The highest BCUT2D eigenvalue weighted by Crippen LogP contribution is 2.29. The Morgan fingerprint density at radius 3 is 2.70 bits per heavy atom. The maximum Gasteiger partial charge on any atom is 0.219 e. The molecule has 134 valence electrons. The summed E-state index contributed by atoms with van der Waals surface area (Å²) in [6.07, 6.45) is 4.40. The van der Waals surface area contributed by atoms with Crippen LogP contribution < -0.4 is 0 Å². The molecular weight excluding hydrogens is 338 g/mol. The van der Waals surface area contributed by atoms with Gasteiger partial charge in [-0.1, -0.05) is 30.3 Å². The highest BCUT2D eigenvalue weighted by atomic mass is 16.3. The minimum Gasteiger partial charge on any atom is -0.493 e. The van der Waals surface area contributed by atoms with E-state index in [0.29, 0.717) is 12.4 Å². The number of nitrogens with zero attached hydrogens (tertiary/aromatic N) is 5. The molecule has 0 bridgehead atoms. The summed E-state index contributed by atoms with van der Waals surface area (Å²) in [5, 5.41) is 17.5. The Morgan fingerprint density at radius 1 is 1.00 bits per heavy atom. The molecule has 0 unspecified atom stereocenters. The van der Waals surface area contributed by atoms with Gasteiger partial charge in [0.1, 0.15) is 0 Å². The van der Waals surface area contributed by atoms with Crippen molar-refractivity contribution in [3.63, 3.8) is 0 Å². The van der Waals surface area contributed by atoms with Gasteiger partial charge in [0.2, 0.25) is 5.88 Å². The van der Waals surface area contributed by atoms with E-state index in [2.05, 4.69) is 38.2 Å². The van der Waals surface area contributed by atoms with E-state index in [0.717, 1.165) is 41.8 Å². The van der Waals surface area contributed by atoms with Gasteiger partial charge in [0.15, 0.2) is 5.82 Å². The predicted octanol–water partition coefficient (Wildman–Crippen LogP) is 3.08. The molecule has 27 heavy (non-hydrogen) atoms. The molecule has 1 aromatic carbocycles. The van der Waals surface area contributed by atoms with Gasteiger partial charge in [0, 0.05) is 43.0 Å². The topological polar surface area (TPSA) is 67.1 Å². The van der Waals surface area contributed by atoms with Gasteiger partial charge in [0.25, 0.3) is 0 Å². The summed E-state index contributed by atoms with van der Waals surface area (Å²) in [6, 6.07) is 16.0. The standard InChI is InChI=1S/C21H19N5O/c27-21-18-8-10-25(13-17-11-15-5-1-2-6-16(15)12-23-17)14-19(18)24-26(21)20-7-3-4-9-22-20/h1-7,9,11-12,27H,8,10,13-14H2. The lowest BCUT2D eigenvalue weighted by molar-refractivity contribution is 0.238. The van der Waals surface area contributed by atoms with Crippen LogP contribution in [0.5, 0.6) is 5.88 Å². The highest BCUT2D eigenvalue weighted by molar-refractivity contribution is 5.81. The van der Waals surface area contributed by atoms with Gasteiger partial charge in [-0.3, -0.25) is 9.88 Å². The molecule has 3 aromatic heterocycles. The van der Waals surface area contributed by atoms with E-state index in [1.807, 2.05) is 36.5 Å². The van der Waals surface area contributed by atoms with Gasteiger partial charge < -0.3 is 5.11 Å². The number of rotatable bonds is 3. The van der Waals surface area contributed by atoms with Crippen molar-refractivity contribution in [2.45, 2.75) is 19.5 Å². The van der Waals surface area contributed by atoms with E-state index in [4.69, 9.17) is 0 Å². The molecule has 1 N–H and O–H groups in total. The zero-order chi connectivity index (χ0) is 18.2. The van der Waals surface area contributed by atoms with E-state index in [-0.39, 0.29) is 5.88 Å². The quantitative estimate of drug-likeness (QED) is 0.610. The molecule has 1 aliphatic rings. The zero-order valence-electron chi connectivity index (χ0n) is 14.8. The molecule has 1 aliphatic heterocycles. The van der Waals surface area contributed by atoms with Crippen molar-refractivity contribution < 1.29 is 5.11 Å². The summed E-state index contributed by atoms with van der Waals surface area (Å²) in [4.78, 5) is 11.2. The molecule has 0 atom stereocenters. The van der Waals surface area contributed by atoms with Gasteiger partial charge in [0.05, 0.1) is 11.4 Å². The summed E-state index contributed by atoms with van der Waals surface area (Å²) in [5.41, 5.74) is 2.87. The van der Waals surface area contributed by atoms with Gasteiger partial charge in [-0.2, -0.15) is 9.78 Å². The first-order valence-electron chi connectivity index (χ1n) is 9.05. The first-order valence-corrected chi connectivity index (χ1v) is 9.05. The van der Waals surface area contributed by atoms with Crippen LogP contribution in [0.4, 0.5) is 0 Å². The second-order valence-corrected chi connectivity index (χ2v) is 6.83. The Kier molecular flexibility index (Phi) is 3.83. The molecule has 0 saturated heterocycles. The fourth-order valence-corrected chi connectivity index (χ4v) is 3.65. The van der Waals surface area contributed by atoms with Crippen molar-refractivity contribution >= 4 is 10.8 Å². The van der Waals surface area contributed by atoms with E-state index in [1.165, 1.54) is 10.1 Å². The zero-order valence-corrected chi connectivity index (χ0v) is 14.8. The van der Waals surface area contributed by atoms with E-state index < -0.39 is 0 Å². The molecule has 5 rings (SSSR count). The van der Waals surface area contributed by atoms with Crippen molar-refractivity contribution in [3.05, 3.63) is 77.9 Å². The number of benzene rings is 1. The van der Waals surface area contributed by atoms with Crippen LogP contribution in [0.3, 0.4) is 0 Å². The van der Waals surface area contributed by atoms with Gasteiger partial charge >= 0.3 is 0 Å². The van der Waals surface area contributed by atoms with Crippen LogP contribution in [0.2, 0.25) is 0 Å². The van der Waals surface area contributed by atoms with E-state index >= 15 is 0 Å². The number of hydrogen-bond acceptors (Lipinski definition) is 5. The van der Waals surface area contributed by atoms with Crippen molar-refractivity contribution in [2.24, 2.45) is 0 Å². The number of aromatic nitrogens is 4. The highest BCUT2D eigenvalue weighted by Gasteiger charge is 2.25. The number of pyridine rings is 2. The molecule has 0 saturated carbocycles. The van der Waals surface area contributed by atoms with E-state index in [9.17, 15) is 5.11 Å². The molecule has 0 fully saturated rings. The van der Waals surface area contributed by atoms with Crippen molar-refractivity contribution in [1.29, 1.82) is 0 Å². The third-order valence-electron chi connectivity index (χ3n) is 5.03. The average Bonchev–Trinajstić information content (AvgIpc) is 3.04. The van der Waals surface area contributed by atoms with Crippen molar-refractivity contribution in [1.82, 2.24) is 24.6 Å². The lowest BCUT2D eigenvalue weighted by atomic mass is 10.1. The Balaban J connectivity index is 1.39. The van der Waals surface area contributed by atoms with Crippen molar-refractivity contribution in [2.75, 3.05) is 6.54 Å². The predicted molar refractivity (Wildman–Crippen MR) is 103 cm³/mol. The number of hydrogen-bond donors (Lipinski definition) is 1. The van der Waals surface area contributed by atoms with Crippen LogP contribution in [0.15, 0.2) is 60.9 Å².